The van der Waals surface area contributed by atoms with Crippen LogP contribution in [0.5, 0.6) is 0 Å². The summed E-state index contributed by atoms with van der Waals surface area (Å²) in [5.74, 6) is -1.21. The highest BCUT2D eigenvalue weighted by atomic mass is 16.2. The number of nitrogens with two attached hydrogens (primary N) is 2. The maximum Gasteiger partial charge on any atom is 0.240 e. The van der Waals surface area contributed by atoms with E-state index >= 15 is 0 Å². The van der Waals surface area contributed by atoms with Crippen LogP contribution in [0.3, 0.4) is 0 Å². The summed E-state index contributed by atoms with van der Waals surface area (Å²) in [4.78, 5) is 47.4. The Morgan fingerprint density at radius 2 is 1.45 bits per heavy atom. The van der Waals surface area contributed by atoms with Crippen molar-refractivity contribution in [1.82, 2.24) is 14.9 Å². The number of aromatic nitrogens is 2. The fourth-order valence-corrected chi connectivity index (χ4v) is 4.75. The van der Waals surface area contributed by atoms with E-state index in [1.807, 2.05) is 72.8 Å². The van der Waals surface area contributed by atoms with Gasteiger partial charge in [-0.3, -0.25) is 14.4 Å². The van der Waals surface area contributed by atoms with Crippen molar-refractivity contribution in [2.24, 2.45) is 11.5 Å². The van der Waals surface area contributed by atoms with Crippen molar-refractivity contribution >= 4 is 23.7 Å². The molecule has 4 aromatic rings. The molecule has 1 atom stereocenters. The summed E-state index contributed by atoms with van der Waals surface area (Å²) < 4.78 is 0. The van der Waals surface area contributed by atoms with Gasteiger partial charge in [-0.15, -0.1) is 0 Å². The van der Waals surface area contributed by atoms with E-state index in [9.17, 15) is 14.4 Å². The van der Waals surface area contributed by atoms with Crippen LogP contribution in [0.2, 0.25) is 0 Å². The lowest BCUT2D eigenvalue weighted by atomic mass is 9.89. The number of carbonyl (C=O) groups excluding carboxylic acids is 3. The number of hydrogen-bond acceptors (Lipinski definition) is 5. The van der Waals surface area contributed by atoms with Gasteiger partial charge in [0, 0.05) is 25.5 Å². The van der Waals surface area contributed by atoms with Gasteiger partial charge in [0.1, 0.15) is 6.04 Å². The third kappa shape index (κ3) is 7.57. The predicted octanol–water partition coefficient (Wildman–Crippen LogP) is 3.34. The molecule has 6 N–H and O–H groups in total. The van der Waals surface area contributed by atoms with E-state index in [2.05, 4.69) is 15.3 Å². The molecule has 3 aromatic carbocycles. The topological polar surface area (TPSA) is 147 Å². The van der Waals surface area contributed by atoms with Gasteiger partial charge >= 0.3 is 0 Å². The molecule has 1 heterocycles. The Kier molecular flexibility index (Phi) is 9.66. The number of benzene rings is 3. The molecule has 0 aliphatic rings. The Morgan fingerprint density at radius 1 is 0.850 bits per heavy atom. The van der Waals surface area contributed by atoms with E-state index < -0.39 is 23.8 Å². The number of carbonyl (C=O) groups is 3. The fraction of sp³-hybridized carbons (Fsp3) is 0.226. The van der Waals surface area contributed by atoms with Gasteiger partial charge in [-0.05, 0) is 35.1 Å². The van der Waals surface area contributed by atoms with Crippen LogP contribution in [-0.2, 0) is 27.3 Å². The fourth-order valence-electron chi connectivity index (χ4n) is 4.75. The molecule has 40 heavy (non-hydrogen) atoms. The molecular formula is C31H34N6O3. The van der Waals surface area contributed by atoms with Gasteiger partial charge in [0.15, 0.2) is 5.95 Å². The minimum absolute atomic E-state index is 0.125. The number of primary amides is 2. The molecule has 0 bridgehead atoms. The lowest BCUT2D eigenvalue weighted by molar-refractivity contribution is -0.140. The normalized spacial score (nSPS) is 11.6. The number of hydrogen-bond donors (Lipinski definition) is 4. The van der Waals surface area contributed by atoms with Crippen LogP contribution in [0.15, 0.2) is 97.3 Å². The quantitative estimate of drug-likeness (QED) is 0.182. The third-order valence-electron chi connectivity index (χ3n) is 6.70. The van der Waals surface area contributed by atoms with E-state index in [0.29, 0.717) is 25.3 Å². The maximum atomic E-state index is 14.5. The molecule has 0 aliphatic heterocycles. The second-order valence-corrected chi connectivity index (χ2v) is 9.61. The Labute approximate surface area is 233 Å². The first kappa shape index (κ1) is 28.1. The number of rotatable bonds is 14. The van der Waals surface area contributed by atoms with Crippen molar-refractivity contribution in [3.8, 4) is 0 Å². The second-order valence-electron chi connectivity index (χ2n) is 9.61. The molecule has 0 fully saturated rings. The van der Waals surface area contributed by atoms with Gasteiger partial charge in [-0.2, -0.15) is 0 Å². The average molecular weight is 539 g/mol. The molecular weight excluding hydrogens is 504 g/mol. The molecule has 4 rings (SSSR count). The van der Waals surface area contributed by atoms with E-state index in [4.69, 9.17) is 11.5 Å². The highest BCUT2D eigenvalue weighted by Gasteiger charge is 2.34. The number of imidazole rings is 1. The van der Waals surface area contributed by atoms with E-state index in [-0.39, 0.29) is 18.9 Å². The van der Waals surface area contributed by atoms with E-state index in [1.165, 1.54) is 0 Å². The maximum absolute atomic E-state index is 14.5. The first-order valence-corrected chi connectivity index (χ1v) is 13.2. The van der Waals surface area contributed by atoms with Crippen molar-refractivity contribution in [3.05, 3.63) is 120 Å². The zero-order chi connectivity index (χ0) is 28.3. The number of aromatic amines is 1. The Morgan fingerprint density at radius 3 is 1.98 bits per heavy atom. The molecule has 0 saturated carbocycles. The number of nitrogens with zero attached hydrogens (tertiary/aromatic N) is 2. The second kappa shape index (κ2) is 13.7. The van der Waals surface area contributed by atoms with Gasteiger partial charge in [-0.1, -0.05) is 84.9 Å². The molecule has 9 nitrogen and oxygen atoms in total. The number of amides is 3. The molecule has 3 amide bonds. The van der Waals surface area contributed by atoms with Crippen LogP contribution in [0, 0.1) is 0 Å². The summed E-state index contributed by atoms with van der Waals surface area (Å²) in [6.07, 6.45) is 4.44. The Hall–Kier alpha value is -4.92. The minimum atomic E-state index is -0.842. The van der Waals surface area contributed by atoms with Crippen LogP contribution in [0.25, 0.3) is 0 Å². The molecule has 0 unspecified atom stereocenters. The monoisotopic (exact) mass is 538 g/mol. The Bertz CT molecular complexity index is 1340. The van der Waals surface area contributed by atoms with Crippen molar-refractivity contribution in [2.75, 3.05) is 11.9 Å². The average Bonchev–Trinajstić information content (AvgIpc) is 3.47. The predicted molar refractivity (Wildman–Crippen MR) is 154 cm³/mol. The molecule has 0 aliphatic carbocycles. The van der Waals surface area contributed by atoms with Crippen LogP contribution >= 0.6 is 0 Å². The van der Waals surface area contributed by atoms with E-state index in [0.717, 1.165) is 22.3 Å². The zero-order valence-electron chi connectivity index (χ0n) is 22.2. The van der Waals surface area contributed by atoms with Crippen LogP contribution in [0.1, 0.15) is 41.0 Å². The van der Waals surface area contributed by atoms with Gasteiger partial charge in [0.2, 0.25) is 17.7 Å². The third-order valence-corrected chi connectivity index (χ3v) is 6.70. The van der Waals surface area contributed by atoms with Crippen LogP contribution in [0.4, 0.5) is 5.95 Å². The summed E-state index contributed by atoms with van der Waals surface area (Å²) >= 11 is 0. The summed E-state index contributed by atoms with van der Waals surface area (Å²) in [6.45, 7) is 0.715. The number of H-pyrrole nitrogens is 1. The summed E-state index contributed by atoms with van der Waals surface area (Å²) in [7, 11) is 0. The molecule has 206 valence electrons. The van der Waals surface area contributed by atoms with E-state index in [1.54, 1.807) is 29.4 Å². The van der Waals surface area contributed by atoms with Crippen molar-refractivity contribution in [2.45, 2.75) is 37.8 Å². The summed E-state index contributed by atoms with van der Waals surface area (Å²) in [5, 5.41) is 3.17. The molecule has 0 spiro atoms. The zero-order valence-corrected chi connectivity index (χ0v) is 22.2. The van der Waals surface area contributed by atoms with Crippen molar-refractivity contribution in [3.63, 3.8) is 0 Å². The van der Waals surface area contributed by atoms with Crippen LogP contribution in [-0.4, -0.2) is 45.2 Å². The minimum Gasteiger partial charge on any atom is -0.369 e. The highest BCUT2D eigenvalue weighted by molar-refractivity contribution is 5.92. The molecule has 0 saturated heterocycles. The smallest absolute Gasteiger partial charge is 0.240 e. The molecule has 9 heteroatoms. The largest absolute Gasteiger partial charge is 0.369 e. The highest BCUT2D eigenvalue weighted by Crippen LogP contribution is 2.29. The SMILES string of the molecule is NC(=O)Cc1ccc(CN(C(=O)C(c2ccccc2)c2ccccc2)[C@H](CCCNc2ncc[nH]2)C(N)=O)cc1. The lowest BCUT2D eigenvalue weighted by Gasteiger charge is -2.33. The Balaban J connectivity index is 1.65. The first-order chi connectivity index (χ1) is 19.4. The van der Waals surface area contributed by atoms with Crippen molar-refractivity contribution < 1.29 is 14.4 Å². The van der Waals surface area contributed by atoms with Gasteiger partial charge in [0.05, 0.1) is 12.3 Å². The standard InChI is InChI=1S/C31H34N6O3/c32-27(38)20-22-13-15-23(16-14-22)21-37(26(29(33)39)12-7-17-34-31-35-18-19-36-31)30(40)28(24-8-3-1-4-9-24)25-10-5-2-6-11-25/h1-6,8-11,13-16,18-19,26,28H,7,12,17,20-21H2,(H2,32,38)(H2,33,39)(H2,34,35,36)/t26-/m1/s1. The summed E-state index contributed by atoms with van der Waals surface area (Å²) in [5.41, 5.74) is 14.5. The molecule has 1 aromatic heterocycles. The number of nitrogens with one attached hydrogen (secondary N) is 2. The van der Waals surface area contributed by atoms with Gasteiger partial charge < -0.3 is 26.7 Å². The molecule has 0 radical (unpaired) electrons. The lowest BCUT2D eigenvalue weighted by Crippen LogP contribution is -2.49. The van der Waals surface area contributed by atoms with Gasteiger partial charge in [0.25, 0.3) is 0 Å². The van der Waals surface area contributed by atoms with Crippen LogP contribution < -0.4 is 16.8 Å². The van der Waals surface area contributed by atoms with Crippen molar-refractivity contribution in [1.29, 1.82) is 0 Å². The summed E-state index contributed by atoms with van der Waals surface area (Å²) in [6, 6.07) is 25.5. The van der Waals surface area contributed by atoms with Gasteiger partial charge in [-0.25, -0.2) is 4.98 Å². The first-order valence-electron chi connectivity index (χ1n) is 13.2. The number of anilines is 1.